The maximum absolute atomic E-state index is 11.3. The highest BCUT2D eigenvalue weighted by atomic mass is 32.2. The van der Waals surface area contributed by atoms with Crippen LogP contribution in [0.5, 0.6) is 0 Å². The molecule has 0 aromatic heterocycles. The fourth-order valence-corrected chi connectivity index (χ4v) is 3.18. The van der Waals surface area contributed by atoms with Crippen LogP contribution in [0.3, 0.4) is 0 Å². The van der Waals surface area contributed by atoms with Gasteiger partial charge >= 0.3 is 11.9 Å². The number of aliphatic hydroxyl groups is 1. The number of hydrogen-bond acceptors (Lipinski definition) is 6. The number of benzene rings is 1. The average molecular weight is 298 g/mol. The van der Waals surface area contributed by atoms with Gasteiger partial charge in [0.1, 0.15) is 0 Å². The molecule has 0 aliphatic carbocycles. The fraction of sp³-hybridized carbons (Fsp3) is 0.385. The van der Waals surface area contributed by atoms with Crippen LogP contribution in [-0.4, -0.2) is 40.8 Å². The highest BCUT2D eigenvalue weighted by Crippen LogP contribution is 2.46. The van der Waals surface area contributed by atoms with E-state index < -0.39 is 29.8 Å². The monoisotopic (exact) mass is 298 g/mol. The van der Waals surface area contributed by atoms with Crippen molar-refractivity contribution in [2.24, 2.45) is 0 Å². The van der Waals surface area contributed by atoms with Crippen molar-refractivity contribution in [2.75, 3.05) is 12.4 Å². The average Bonchev–Trinajstić information content (AvgIpc) is 2.82. The zero-order chi connectivity index (χ0) is 14.8. The molecule has 7 heteroatoms. The molecule has 0 radical (unpaired) electrons. The number of carbonyl (C=O) groups excluding carboxylic acids is 1. The van der Waals surface area contributed by atoms with Crippen LogP contribution in [0, 0.1) is 0 Å². The van der Waals surface area contributed by atoms with Gasteiger partial charge in [-0.3, -0.25) is 4.79 Å². The quantitative estimate of drug-likeness (QED) is 0.806. The molecule has 0 amide bonds. The molecule has 2 atom stereocenters. The van der Waals surface area contributed by atoms with E-state index in [-0.39, 0.29) is 5.56 Å². The molecule has 0 saturated carbocycles. The predicted octanol–water partition coefficient (Wildman–Crippen LogP) is 1.18. The van der Waals surface area contributed by atoms with E-state index in [9.17, 15) is 19.8 Å². The molecule has 2 N–H and O–H groups in total. The minimum absolute atomic E-state index is 0.0533. The summed E-state index contributed by atoms with van der Waals surface area (Å²) in [5, 5.41) is 18.9. The lowest BCUT2D eigenvalue weighted by molar-refractivity contribution is -0.186. The summed E-state index contributed by atoms with van der Waals surface area (Å²) in [6, 6.07) is 6.30. The van der Waals surface area contributed by atoms with Gasteiger partial charge in [-0.1, -0.05) is 18.2 Å². The molecule has 1 unspecified atom stereocenters. The SMILES string of the molecule is CC(=O)OC1CS[C@](CO)(c2ccccc2C(=O)O)O1. The van der Waals surface area contributed by atoms with Gasteiger partial charge in [0, 0.05) is 12.5 Å². The standard InChI is InChI=1S/C13H14O6S/c1-8(15)18-11-6-20-13(7-14,19-11)10-5-3-2-4-9(10)12(16)17/h2-5,11,14H,6-7H2,1H3,(H,16,17)/t11?,13-/m1/s1. The molecular weight excluding hydrogens is 284 g/mol. The minimum Gasteiger partial charge on any atom is -0.478 e. The molecule has 1 aliphatic heterocycles. The summed E-state index contributed by atoms with van der Waals surface area (Å²) in [6.45, 7) is 0.845. The topological polar surface area (TPSA) is 93.1 Å². The first kappa shape index (κ1) is 14.8. The number of thioether (sulfide) groups is 1. The zero-order valence-corrected chi connectivity index (χ0v) is 11.6. The van der Waals surface area contributed by atoms with Gasteiger partial charge in [-0.25, -0.2) is 4.79 Å². The summed E-state index contributed by atoms with van der Waals surface area (Å²) in [6.07, 6.45) is -0.800. The number of carboxylic acids is 1. The van der Waals surface area contributed by atoms with Crippen molar-refractivity contribution in [3.63, 3.8) is 0 Å². The Morgan fingerprint density at radius 2 is 2.20 bits per heavy atom. The van der Waals surface area contributed by atoms with Crippen LogP contribution in [0.25, 0.3) is 0 Å². The predicted molar refractivity (Wildman–Crippen MR) is 71.3 cm³/mol. The number of rotatable bonds is 4. The van der Waals surface area contributed by atoms with E-state index in [0.717, 1.165) is 0 Å². The second-order valence-electron chi connectivity index (χ2n) is 4.23. The molecule has 1 aromatic rings. The Bertz CT molecular complexity index is 531. The van der Waals surface area contributed by atoms with Crippen LogP contribution >= 0.6 is 11.8 Å². The Morgan fingerprint density at radius 1 is 1.50 bits per heavy atom. The van der Waals surface area contributed by atoms with Crippen LogP contribution in [0.2, 0.25) is 0 Å². The van der Waals surface area contributed by atoms with Gasteiger partial charge in [0.2, 0.25) is 6.29 Å². The lowest BCUT2D eigenvalue weighted by atomic mass is 10.0. The van der Waals surface area contributed by atoms with Crippen LogP contribution < -0.4 is 0 Å². The van der Waals surface area contributed by atoms with Gasteiger partial charge in [-0.15, -0.1) is 11.8 Å². The van der Waals surface area contributed by atoms with E-state index in [2.05, 4.69) is 0 Å². The first-order valence-electron chi connectivity index (χ1n) is 5.91. The summed E-state index contributed by atoms with van der Waals surface area (Å²) >= 11 is 1.21. The van der Waals surface area contributed by atoms with E-state index in [1.54, 1.807) is 18.2 Å². The van der Waals surface area contributed by atoms with E-state index >= 15 is 0 Å². The van der Waals surface area contributed by atoms with E-state index in [0.29, 0.717) is 11.3 Å². The largest absolute Gasteiger partial charge is 0.478 e. The van der Waals surface area contributed by atoms with Gasteiger partial charge in [0.15, 0.2) is 4.93 Å². The van der Waals surface area contributed by atoms with Crippen molar-refractivity contribution in [2.45, 2.75) is 18.1 Å². The Hall–Kier alpha value is -1.57. The summed E-state index contributed by atoms with van der Waals surface area (Å²) in [5.41, 5.74) is 0.409. The number of carboxylic acid groups (broad SMARTS) is 1. The first-order chi connectivity index (χ1) is 9.48. The van der Waals surface area contributed by atoms with E-state index in [1.807, 2.05) is 0 Å². The maximum Gasteiger partial charge on any atom is 0.336 e. The molecule has 20 heavy (non-hydrogen) atoms. The summed E-state index contributed by atoms with van der Waals surface area (Å²) < 4.78 is 10.5. The molecule has 0 bridgehead atoms. The molecular formula is C13H14O6S. The van der Waals surface area contributed by atoms with Gasteiger partial charge in [-0.05, 0) is 6.07 Å². The Morgan fingerprint density at radius 3 is 2.80 bits per heavy atom. The van der Waals surface area contributed by atoms with Crippen molar-refractivity contribution >= 4 is 23.7 Å². The second kappa shape index (κ2) is 5.82. The smallest absolute Gasteiger partial charge is 0.336 e. The van der Waals surface area contributed by atoms with Crippen LogP contribution in [0.15, 0.2) is 24.3 Å². The van der Waals surface area contributed by atoms with Gasteiger partial charge in [0.05, 0.1) is 17.9 Å². The number of hydrogen-bond donors (Lipinski definition) is 2. The molecule has 0 spiro atoms. The number of aromatic carboxylic acids is 1. The molecule has 1 heterocycles. The van der Waals surface area contributed by atoms with E-state index in [1.165, 1.54) is 24.8 Å². The fourth-order valence-electron chi connectivity index (χ4n) is 2.04. The number of ether oxygens (including phenoxy) is 2. The van der Waals surface area contributed by atoms with Crippen molar-refractivity contribution in [1.29, 1.82) is 0 Å². The lowest BCUT2D eigenvalue weighted by Crippen LogP contribution is -2.31. The third kappa shape index (κ3) is 2.79. The third-order valence-corrected chi connectivity index (χ3v) is 4.20. The van der Waals surface area contributed by atoms with E-state index in [4.69, 9.17) is 9.47 Å². The Balaban J connectivity index is 2.34. The zero-order valence-electron chi connectivity index (χ0n) is 10.7. The lowest BCUT2D eigenvalue weighted by Gasteiger charge is -2.27. The molecule has 1 saturated heterocycles. The van der Waals surface area contributed by atoms with Crippen LogP contribution in [0.4, 0.5) is 0 Å². The number of esters is 1. The van der Waals surface area contributed by atoms with Gasteiger partial charge < -0.3 is 19.7 Å². The molecule has 6 nitrogen and oxygen atoms in total. The molecule has 108 valence electrons. The normalized spacial score (nSPS) is 25.4. The maximum atomic E-state index is 11.3. The van der Waals surface area contributed by atoms with Crippen molar-refractivity contribution in [3.05, 3.63) is 35.4 Å². The number of aliphatic hydroxyl groups excluding tert-OH is 1. The first-order valence-corrected chi connectivity index (χ1v) is 6.90. The van der Waals surface area contributed by atoms with Gasteiger partial charge in [-0.2, -0.15) is 0 Å². The third-order valence-electron chi connectivity index (χ3n) is 2.85. The van der Waals surface area contributed by atoms with Crippen LogP contribution in [-0.2, 0) is 19.2 Å². The highest BCUT2D eigenvalue weighted by Gasteiger charge is 2.45. The summed E-state index contributed by atoms with van der Waals surface area (Å²) in [5.74, 6) is -1.27. The molecule has 1 aromatic carbocycles. The number of carbonyl (C=O) groups is 2. The molecule has 2 rings (SSSR count). The van der Waals surface area contributed by atoms with Crippen molar-refractivity contribution < 1.29 is 29.3 Å². The Labute approximate surface area is 119 Å². The summed E-state index contributed by atoms with van der Waals surface area (Å²) in [7, 11) is 0. The second-order valence-corrected chi connectivity index (χ2v) is 5.51. The Kier molecular flexibility index (Phi) is 4.32. The minimum atomic E-state index is -1.23. The summed E-state index contributed by atoms with van der Waals surface area (Å²) in [4.78, 5) is 21.0. The van der Waals surface area contributed by atoms with Crippen molar-refractivity contribution in [3.8, 4) is 0 Å². The molecule has 1 fully saturated rings. The van der Waals surface area contributed by atoms with Crippen LogP contribution in [0.1, 0.15) is 22.8 Å². The molecule has 1 aliphatic rings. The van der Waals surface area contributed by atoms with Crippen molar-refractivity contribution in [1.82, 2.24) is 0 Å². The highest BCUT2D eigenvalue weighted by molar-refractivity contribution is 8.00. The van der Waals surface area contributed by atoms with Gasteiger partial charge in [0.25, 0.3) is 0 Å².